The average molecular weight is 499 g/mol. The number of unbranched alkanes of at least 4 members (excludes halogenated alkanes) is 4. The van der Waals surface area contributed by atoms with Gasteiger partial charge in [-0.15, -0.1) is 0 Å². The number of carbonyl (C=O) groups excluding carboxylic acids is 1. The Morgan fingerprint density at radius 1 is 0.667 bits per heavy atom. The first-order chi connectivity index (χ1) is 17.6. The quantitative estimate of drug-likeness (QED) is 0.210. The van der Waals surface area contributed by atoms with Gasteiger partial charge < -0.3 is 9.29 Å². The van der Waals surface area contributed by atoms with E-state index in [-0.39, 0.29) is 11.3 Å². The standard InChI is InChI=1S/C32H34O3S/c1-2-3-4-5-8-15-26-22-24-29(25-23-26)36(27-16-9-6-10-17-27,28-18-11-7-12-19-28)35-32(34)30-20-13-14-21-31(30)33/h6-7,9-14,16-25,33H,2-5,8,15H2,1H3. The van der Waals surface area contributed by atoms with Crippen LogP contribution in [0.2, 0.25) is 0 Å². The summed E-state index contributed by atoms with van der Waals surface area (Å²) in [5.74, 6) is -0.633. The molecule has 4 heteroatoms. The fourth-order valence-corrected chi connectivity index (χ4v) is 7.38. The van der Waals surface area contributed by atoms with Crippen molar-refractivity contribution in [1.29, 1.82) is 0 Å². The number of para-hydroxylation sites is 1. The van der Waals surface area contributed by atoms with Crippen LogP contribution in [-0.2, 0) is 10.6 Å². The van der Waals surface area contributed by atoms with E-state index in [1.54, 1.807) is 18.2 Å². The third-order valence-electron chi connectivity index (χ3n) is 6.30. The average Bonchev–Trinajstić information content (AvgIpc) is 2.93. The van der Waals surface area contributed by atoms with Gasteiger partial charge in [-0.1, -0.05) is 93.3 Å². The van der Waals surface area contributed by atoms with Gasteiger partial charge in [0.2, 0.25) is 0 Å². The molecule has 186 valence electrons. The van der Waals surface area contributed by atoms with Crippen molar-refractivity contribution in [2.75, 3.05) is 0 Å². The number of aromatic hydroxyl groups is 1. The summed E-state index contributed by atoms with van der Waals surface area (Å²) in [4.78, 5) is 16.3. The fraction of sp³-hybridized carbons (Fsp3) is 0.219. The van der Waals surface area contributed by atoms with Crippen molar-refractivity contribution in [3.05, 3.63) is 120 Å². The Morgan fingerprint density at radius 3 is 1.78 bits per heavy atom. The summed E-state index contributed by atoms with van der Waals surface area (Å²) in [6.07, 6.45) is 7.29. The number of aryl methyl sites for hydroxylation is 1. The van der Waals surface area contributed by atoms with Crippen molar-refractivity contribution < 1.29 is 14.1 Å². The summed E-state index contributed by atoms with van der Waals surface area (Å²) in [6.45, 7) is 2.23. The molecule has 0 saturated carbocycles. The normalized spacial score (nSPS) is 11.7. The fourth-order valence-electron chi connectivity index (χ4n) is 4.36. The molecule has 0 aromatic heterocycles. The van der Waals surface area contributed by atoms with Gasteiger partial charge in [-0.2, -0.15) is 0 Å². The molecule has 0 radical (unpaired) electrons. The number of hydrogen-bond donors (Lipinski definition) is 1. The number of benzene rings is 4. The summed E-state index contributed by atoms with van der Waals surface area (Å²) in [5.41, 5.74) is 1.45. The van der Waals surface area contributed by atoms with Gasteiger partial charge in [0.05, 0.1) is 0 Å². The van der Waals surface area contributed by atoms with Crippen molar-refractivity contribution >= 4 is 16.3 Å². The van der Waals surface area contributed by atoms with E-state index in [4.69, 9.17) is 4.18 Å². The van der Waals surface area contributed by atoms with Crippen molar-refractivity contribution in [3.63, 3.8) is 0 Å². The van der Waals surface area contributed by atoms with Crippen molar-refractivity contribution in [3.8, 4) is 5.75 Å². The maximum absolute atomic E-state index is 13.5. The highest BCUT2D eigenvalue weighted by Gasteiger charge is 2.36. The van der Waals surface area contributed by atoms with Gasteiger partial charge in [0.1, 0.15) is 11.3 Å². The van der Waals surface area contributed by atoms with Gasteiger partial charge in [-0.3, -0.25) is 0 Å². The molecule has 0 saturated heterocycles. The molecule has 3 nitrogen and oxygen atoms in total. The summed E-state index contributed by atoms with van der Waals surface area (Å²) in [6, 6.07) is 34.9. The number of phenols is 1. The molecular weight excluding hydrogens is 464 g/mol. The highest BCUT2D eigenvalue weighted by atomic mass is 32.3. The van der Waals surface area contributed by atoms with Crippen molar-refractivity contribution in [1.82, 2.24) is 0 Å². The Bertz CT molecular complexity index is 1200. The highest BCUT2D eigenvalue weighted by Crippen LogP contribution is 2.69. The number of phenolic OH excluding ortho intramolecular Hbond substituents is 1. The van der Waals surface area contributed by atoms with Crippen LogP contribution in [-0.4, -0.2) is 11.1 Å². The van der Waals surface area contributed by atoms with E-state index in [9.17, 15) is 9.90 Å². The zero-order valence-electron chi connectivity index (χ0n) is 20.8. The SMILES string of the molecule is CCCCCCCc1ccc(S(OC(=O)c2ccccc2O)(c2ccccc2)c2ccccc2)cc1. The Labute approximate surface area is 216 Å². The molecule has 4 aromatic carbocycles. The molecule has 0 spiro atoms. The minimum Gasteiger partial charge on any atom is -0.507 e. The molecule has 4 rings (SSSR count). The number of carbonyl (C=O) groups is 1. The topological polar surface area (TPSA) is 46.5 Å². The van der Waals surface area contributed by atoms with E-state index in [1.165, 1.54) is 43.7 Å². The number of hydrogen-bond acceptors (Lipinski definition) is 3. The minimum atomic E-state index is -2.41. The lowest BCUT2D eigenvalue weighted by Crippen LogP contribution is -2.14. The molecule has 0 heterocycles. The van der Waals surface area contributed by atoms with E-state index in [1.807, 2.05) is 60.7 Å². The lowest BCUT2D eigenvalue weighted by molar-refractivity contribution is 0.0754. The van der Waals surface area contributed by atoms with Crippen LogP contribution in [0.4, 0.5) is 0 Å². The molecular formula is C32H34O3S. The molecule has 36 heavy (non-hydrogen) atoms. The zero-order valence-corrected chi connectivity index (χ0v) is 21.6. The van der Waals surface area contributed by atoms with Crippen molar-refractivity contribution in [2.24, 2.45) is 0 Å². The molecule has 4 aromatic rings. The predicted octanol–water partition coefficient (Wildman–Crippen LogP) is 8.96. The van der Waals surface area contributed by atoms with Gasteiger partial charge >= 0.3 is 5.97 Å². The predicted molar refractivity (Wildman–Crippen MR) is 148 cm³/mol. The number of rotatable bonds is 11. The summed E-state index contributed by atoms with van der Waals surface area (Å²) < 4.78 is 6.51. The molecule has 0 aliphatic heterocycles. The molecule has 0 aliphatic rings. The molecule has 0 atom stereocenters. The first-order valence-electron chi connectivity index (χ1n) is 12.7. The third-order valence-corrected chi connectivity index (χ3v) is 9.51. The Kier molecular flexibility index (Phi) is 8.85. The molecule has 1 N–H and O–H groups in total. The van der Waals surface area contributed by atoms with Crippen LogP contribution >= 0.6 is 10.3 Å². The second-order valence-electron chi connectivity index (χ2n) is 8.88. The van der Waals surface area contributed by atoms with E-state index < -0.39 is 16.3 Å². The maximum atomic E-state index is 13.5. The van der Waals surface area contributed by atoms with Crippen LogP contribution in [0.25, 0.3) is 0 Å². The molecule has 0 bridgehead atoms. The largest absolute Gasteiger partial charge is 0.507 e. The van der Waals surface area contributed by atoms with Gasteiger partial charge in [0.25, 0.3) is 0 Å². The smallest absolute Gasteiger partial charge is 0.353 e. The van der Waals surface area contributed by atoms with Gasteiger partial charge in [-0.25, -0.2) is 4.79 Å². The van der Waals surface area contributed by atoms with Crippen LogP contribution in [0.15, 0.2) is 124 Å². The molecule has 0 unspecified atom stereocenters. The lowest BCUT2D eigenvalue weighted by Gasteiger charge is -2.39. The first-order valence-corrected chi connectivity index (χ1v) is 14.2. The van der Waals surface area contributed by atoms with Gasteiger partial charge in [0.15, 0.2) is 0 Å². The van der Waals surface area contributed by atoms with Crippen LogP contribution in [0, 0.1) is 0 Å². The van der Waals surface area contributed by atoms with Gasteiger partial charge in [-0.05, 0) is 77.2 Å². The highest BCUT2D eigenvalue weighted by molar-refractivity contribution is 8.30. The van der Waals surface area contributed by atoms with E-state index in [0.29, 0.717) is 0 Å². The summed E-state index contributed by atoms with van der Waals surface area (Å²) >= 11 is 0. The third kappa shape index (κ3) is 5.83. The van der Waals surface area contributed by atoms with Crippen LogP contribution in [0.5, 0.6) is 5.75 Å². The van der Waals surface area contributed by atoms with Gasteiger partial charge in [0, 0.05) is 14.7 Å². The Morgan fingerprint density at radius 2 is 1.19 bits per heavy atom. The molecule has 0 aliphatic carbocycles. The Hall–Kier alpha value is -3.50. The second-order valence-corrected chi connectivity index (χ2v) is 11.6. The lowest BCUT2D eigenvalue weighted by atomic mass is 10.1. The zero-order chi connectivity index (χ0) is 25.2. The maximum Gasteiger partial charge on any atom is 0.353 e. The van der Waals surface area contributed by atoms with Crippen molar-refractivity contribution in [2.45, 2.75) is 60.1 Å². The van der Waals surface area contributed by atoms with E-state index >= 15 is 0 Å². The van der Waals surface area contributed by atoms with E-state index in [0.717, 1.165) is 21.1 Å². The van der Waals surface area contributed by atoms with Crippen LogP contribution in [0.1, 0.15) is 54.9 Å². The minimum absolute atomic E-state index is 0.0876. The summed E-state index contributed by atoms with van der Waals surface area (Å²) in [5, 5.41) is 10.4. The second kappa shape index (κ2) is 12.5. The Balaban J connectivity index is 1.76. The van der Waals surface area contributed by atoms with Crippen LogP contribution < -0.4 is 0 Å². The van der Waals surface area contributed by atoms with Crippen LogP contribution in [0.3, 0.4) is 0 Å². The molecule has 0 amide bonds. The summed E-state index contributed by atoms with van der Waals surface area (Å²) in [7, 11) is -2.41. The monoisotopic (exact) mass is 498 g/mol. The molecule has 0 fully saturated rings. The first kappa shape index (κ1) is 25.6. The van der Waals surface area contributed by atoms with E-state index in [2.05, 4.69) is 31.2 Å².